The first-order valence-electron chi connectivity index (χ1n) is 4.89. The first-order chi connectivity index (χ1) is 6.85. The van der Waals surface area contributed by atoms with Crippen LogP contribution in [-0.2, 0) is 15.9 Å². The van der Waals surface area contributed by atoms with E-state index < -0.39 is 5.79 Å². The lowest BCUT2D eigenvalue weighted by molar-refractivity contribution is -0.142. The van der Waals surface area contributed by atoms with Crippen LogP contribution in [0.15, 0.2) is 42.9 Å². The number of hydrogen-bond acceptors (Lipinski definition) is 2. The molecule has 0 aliphatic carbocycles. The van der Waals surface area contributed by atoms with Crippen LogP contribution in [0.3, 0.4) is 0 Å². The molecule has 0 aromatic heterocycles. The summed E-state index contributed by atoms with van der Waals surface area (Å²) in [7, 11) is 0. The Labute approximate surface area is 84.2 Å². The molecule has 0 atom stereocenters. The Morgan fingerprint density at radius 2 is 1.71 bits per heavy atom. The van der Waals surface area contributed by atoms with Gasteiger partial charge in [-0.1, -0.05) is 37.3 Å². The highest BCUT2D eigenvalue weighted by Gasteiger charge is 2.33. The molecule has 1 aliphatic heterocycles. The van der Waals surface area contributed by atoms with Gasteiger partial charge >= 0.3 is 0 Å². The zero-order valence-electron chi connectivity index (χ0n) is 8.27. The van der Waals surface area contributed by atoms with E-state index >= 15 is 0 Å². The van der Waals surface area contributed by atoms with Crippen molar-refractivity contribution in [3.8, 4) is 0 Å². The van der Waals surface area contributed by atoms with Gasteiger partial charge in [0.15, 0.2) is 0 Å². The van der Waals surface area contributed by atoms with Crippen LogP contribution in [0.4, 0.5) is 0 Å². The molecule has 2 nitrogen and oxygen atoms in total. The fourth-order valence-electron chi connectivity index (χ4n) is 1.61. The third-order valence-corrected chi connectivity index (χ3v) is 2.48. The van der Waals surface area contributed by atoms with Crippen LogP contribution >= 0.6 is 0 Å². The summed E-state index contributed by atoms with van der Waals surface area (Å²) in [6.07, 6.45) is 4.87. The van der Waals surface area contributed by atoms with Crippen molar-refractivity contribution >= 4 is 0 Å². The number of ether oxygens (including phenoxy) is 2. The van der Waals surface area contributed by atoms with Gasteiger partial charge in [0.05, 0.1) is 0 Å². The highest BCUT2D eigenvalue weighted by Crippen LogP contribution is 2.28. The van der Waals surface area contributed by atoms with E-state index in [-0.39, 0.29) is 0 Å². The van der Waals surface area contributed by atoms with Gasteiger partial charge in [-0.25, -0.2) is 0 Å². The van der Waals surface area contributed by atoms with E-state index in [0.29, 0.717) is 0 Å². The Hall–Kier alpha value is -1.44. The maximum Gasteiger partial charge on any atom is 0.253 e. The van der Waals surface area contributed by atoms with Gasteiger partial charge in [0.1, 0.15) is 12.5 Å². The first-order valence-corrected chi connectivity index (χ1v) is 4.89. The summed E-state index contributed by atoms with van der Waals surface area (Å²) in [4.78, 5) is 0. The molecule has 0 amide bonds. The van der Waals surface area contributed by atoms with Crippen molar-refractivity contribution in [1.82, 2.24) is 0 Å². The van der Waals surface area contributed by atoms with Crippen molar-refractivity contribution < 1.29 is 9.47 Å². The highest BCUT2D eigenvalue weighted by molar-refractivity contribution is 5.16. The van der Waals surface area contributed by atoms with E-state index in [9.17, 15) is 0 Å². The van der Waals surface area contributed by atoms with Crippen molar-refractivity contribution in [3.63, 3.8) is 0 Å². The first kappa shape index (κ1) is 9.13. The van der Waals surface area contributed by atoms with Gasteiger partial charge in [0, 0.05) is 12.8 Å². The van der Waals surface area contributed by atoms with Crippen molar-refractivity contribution in [1.29, 1.82) is 0 Å². The Kier molecular flexibility index (Phi) is 2.44. The molecule has 1 heterocycles. The summed E-state index contributed by atoms with van der Waals surface area (Å²) < 4.78 is 11.0. The predicted molar refractivity (Wildman–Crippen MR) is 54.5 cm³/mol. The fraction of sp³-hybridized carbons (Fsp3) is 0.333. The van der Waals surface area contributed by atoms with Gasteiger partial charge in [-0.15, -0.1) is 0 Å². The third kappa shape index (κ3) is 1.74. The Morgan fingerprint density at radius 3 is 2.29 bits per heavy atom. The fourth-order valence-corrected chi connectivity index (χ4v) is 1.61. The molecule has 2 heteroatoms. The van der Waals surface area contributed by atoms with E-state index in [0.717, 1.165) is 12.8 Å². The molecule has 0 unspecified atom stereocenters. The standard InChI is InChI=1S/C12H14O2/c1-2-12(13-8-9-14-12)10-11-6-4-3-5-7-11/h3-9H,2,10H2,1H3. The van der Waals surface area contributed by atoms with Crippen molar-refractivity contribution in [2.75, 3.05) is 0 Å². The van der Waals surface area contributed by atoms with Crippen LogP contribution in [-0.4, -0.2) is 5.79 Å². The van der Waals surface area contributed by atoms with Gasteiger partial charge in [-0.2, -0.15) is 0 Å². The minimum Gasteiger partial charge on any atom is -0.456 e. The maximum atomic E-state index is 5.49. The zero-order valence-corrected chi connectivity index (χ0v) is 8.27. The van der Waals surface area contributed by atoms with Gasteiger partial charge in [0.25, 0.3) is 5.79 Å². The van der Waals surface area contributed by atoms with E-state index in [2.05, 4.69) is 19.1 Å². The largest absolute Gasteiger partial charge is 0.456 e. The Morgan fingerprint density at radius 1 is 1.07 bits per heavy atom. The topological polar surface area (TPSA) is 18.5 Å². The van der Waals surface area contributed by atoms with E-state index in [1.807, 2.05) is 18.2 Å². The summed E-state index contributed by atoms with van der Waals surface area (Å²) in [6, 6.07) is 10.2. The predicted octanol–water partition coefficient (Wildman–Crippen LogP) is 2.85. The molecular formula is C12H14O2. The van der Waals surface area contributed by atoms with Gasteiger partial charge < -0.3 is 9.47 Å². The second-order valence-corrected chi connectivity index (χ2v) is 3.43. The average molecular weight is 190 g/mol. The lowest BCUT2D eigenvalue weighted by atomic mass is 10.0. The van der Waals surface area contributed by atoms with Crippen LogP contribution in [0.1, 0.15) is 18.9 Å². The molecule has 0 bridgehead atoms. The van der Waals surface area contributed by atoms with E-state index in [4.69, 9.17) is 9.47 Å². The van der Waals surface area contributed by atoms with Gasteiger partial charge in [0.2, 0.25) is 0 Å². The summed E-state index contributed by atoms with van der Waals surface area (Å²) in [5, 5.41) is 0. The molecule has 0 radical (unpaired) electrons. The molecule has 0 N–H and O–H groups in total. The smallest absolute Gasteiger partial charge is 0.253 e. The Bertz CT molecular complexity index is 308. The van der Waals surface area contributed by atoms with Gasteiger partial charge in [-0.3, -0.25) is 0 Å². The average Bonchev–Trinajstić information content (AvgIpc) is 2.69. The lowest BCUT2D eigenvalue weighted by Gasteiger charge is -2.26. The van der Waals surface area contributed by atoms with Gasteiger partial charge in [-0.05, 0) is 5.56 Å². The van der Waals surface area contributed by atoms with Crippen LogP contribution in [0.25, 0.3) is 0 Å². The molecule has 74 valence electrons. The second-order valence-electron chi connectivity index (χ2n) is 3.43. The summed E-state index contributed by atoms with van der Waals surface area (Å²) in [5.41, 5.74) is 1.23. The minimum atomic E-state index is -0.471. The molecule has 14 heavy (non-hydrogen) atoms. The van der Waals surface area contributed by atoms with Crippen LogP contribution < -0.4 is 0 Å². The van der Waals surface area contributed by atoms with Crippen LogP contribution in [0.5, 0.6) is 0 Å². The number of hydrogen-bond donors (Lipinski definition) is 0. The van der Waals surface area contributed by atoms with Crippen molar-refractivity contribution in [2.45, 2.75) is 25.6 Å². The molecule has 2 rings (SSSR count). The lowest BCUT2D eigenvalue weighted by Crippen LogP contribution is -2.31. The summed E-state index contributed by atoms with van der Waals surface area (Å²) in [5.74, 6) is -0.471. The quantitative estimate of drug-likeness (QED) is 0.729. The summed E-state index contributed by atoms with van der Waals surface area (Å²) >= 11 is 0. The molecule has 0 saturated heterocycles. The van der Waals surface area contributed by atoms with Crippen molar-refractivity contribution in [2.24, 2.45) is 0 Å². The molecule has 0 spiro atoms. The van der Waals surface area contributed by atoms with E-state index in [1.54, 1.807) is 12.5 Å². The molecule has 1 aromatic carbocycles. The Balaban J connectivity index is 2.09. The molecule has 1 aromatic rings. The zero-order chi connectivity index (χ0) is 9.86. The normalized spacial score (nSPS) is 17.5. The van der Waals surface area contributed by atoms with Crippen LogP contribution in [0.2, 0.25) is 0 Å². The minimum absolute atomic E-state index is 0.471. The molecule has 1 aliphatic rings. The summed E-state index contributed by atoms with van der Waals surface area (Å²) in [6.45, 7) is 2.07. The monoisotopic (exact) mass is 190 g/mol. The maximum absolute atomic E-state index is 5.49. The van der Waals surface area contributed by atoms with Crippen LogP contribution in [0, 0.1) is 0 Å². The SMILES string of the molecule is CCC1(Cc2ccccc2)OC=CO1. The number of rotatable bonds is 3. The molecule has 0 fully saturated rings. The molecule has 0 saturated carbocycles. The van der Waals surface area contributed by atoms with Crippen molar-refractivity contribution in [3.05, 3.63) is 48.4 Å². The second kappa shape index (κ2) is 3.74. The highest BCUT2D eigenvalue weighted by atomic mass is 16.7. The number of benzene rings is 1. The third-order valence-electron chi connectivity index (χ3n) is 2.48. The molecular weight excluding hydrogens is 176 g/mol. The van der Waals surface area contributed by atoms with E-state index in [1.165, 1.54) is 5.56 Å².